The van der Waals surface area contributed by atoms with Crippen molar-refractivity contribution in [2.75, 3.05) is 6.54 Å². The molecule has 0 saturated heterocycles. The van der Waals surface area contributed by atoms with Gasteiger partial charge in [-0.25, -0.2) is 4.79 Å². The standard InChI is InChI=1S/C19H26N2O4/c1-13(2)16(22)12-20-17(23)15(11-14-9-7-6-8-10-14)21-18(24)25-19(3,4)5/h6-10,15H,1,11-12H2,2-5H3,(H,20,23)(H,21,24). The maximum absolute atomic E-state index is 12.4. The molecule has 6 nitrogen and oxygen atoms in total. The Labute approximate surface area is 148 Å². The third-order valence-electron chi connectivity index (χ3n) is 3.19. The molecule has 136 valence electrons. The van der Waals surface area contributed by atoms with Gasteiger partial charge in [-0.15, -0.1) is 0 Å². The molecule has 0 heterocycles. The molecule has 1 aromatic carbocycles. The van der Waals surface area contributed by atoms with E-state index in [1.54, 1.807) is 27.7 Å². The van der Waals surface area contributed by atoms with Crippen molar-refractivity contribution in [2.45, 2.75) is 45.8 Å². The zero-order valence-electron chi connectivity index (χ0n) is 15.2. The molecule has 0 aromatic heterocycles. The van der Waals surface area contributed by atoms with E-state index in [9.17, 15) is 14.4 Å². The van der Waals surface area contributed by atoms with E-state index in [0.29, 0.717) is 5.57 Å². The highest BCUT2D eigenvalue weighted by molar-refractivity contribution is 5.98. The van der Waals surface area contributed by atoms with Crippen LogP contribution in [0.15, 0.2) is 42.5 Å². The Balaban J connectivity index is 2.79. The Bertz CT molecular complexity index is 633. The molecule has 0 aliphatic heterocycles. The summed E-state index contributed by atoms with van der Waals surface area (Å²) in [6, 6.07) is 8.43. The summed E-state index contributed by atoms with van der Waals surface area (Å²) in [7, 11) is 0. The van der Waals surface area contributed by atoms with Crippen LogP contribution in [0.3, 0.4) is 0 Å². The average molecular weight is 346 g/mol. The maximum atomic E-state index is 12.4. The number of amides is 2. The van der Waals surface area contributed by atoms with Crippen LogP contribution in [0.2, 0.25) is 0 Å². The number of carbonyl (C=O) groups excluding carboxylic acids is 3. The summed E-state index contributed by atoms with van der Waals surface area (Å²) in [5, 5.41) is 5.10. The molecule has 0 radical (unpaired) electrons. The third kappa shape index (κ3) is 8.15. The van der Waals surface area contributed by atoms with Gasteiger partial charge >= 0.3 is 6.09 Å². The molecule has 25 heavy (non-hydrogen) atoms. The lowest BCUT2D eigenvalue weighted by molar-refractivity contribution is -0.125. The van der Waals surface area contributed by atoms with Gasteiger partial charge in [0.2, 0.25) is 5.91 Å². The zero-order chi connectivity index (χ0) is 19.0. The lowest BCUT2D eigenvalue weighted by atomic mass is 10.1. The van der Waals surface area contributed by atoms with Gasteiger partial charge in [0.25, 0.3) is 0 Å². The number of carbonyl (C=O) groups is 3. The minimum absolute atomic E-state index is 0.157. The summed E-state index contributed by atoms with van der Waals surface area (Å²) in [4.78, 5) is 36.0. The zero-order valence-corrected chi connectivity index (χ0v) is 15.2. The van der Waals surface area contributed by atoms with Crippen LogP contribution in [0, 0.1) is 0 Å². The van der Waals surface area contributed by atoms with Crippen molar-refractivity contribution >= 4 is 17.8 Å². The van der Waals surface area contributed by atoms with Crippen molar-refractivity contribution < 1.29 is 19.1 Å². The number of ketones is 1. The van der Waals surface area contributed by atoms with Gasteiger partial charge in [0.05, 0.1) is 6.54 Å². The van der Waals surface area contributed by atoms with Gasteiger partial charge in [0.15, 0.2) is 5.78 Å². The fourth-order valence-corrected chi connectivity index (χ4v) is 1.95. The normalized spacial score (nSPS) is 12.0. The third-order valence-corrected chi connectivity index (χ3v) is 3.19. The molecule has 6 heteroatoms. The van der Waals surface area contributed by atoms with Gasteiger partial charge < -0.3 is 15.4 Å². The smallest absolute Gasteiger partial charge is 0.408 e. The number of hydrogen-bond acceptors (Lipinski definition) is 4. The fourth-order valence-electron chi connectivity index (χ4n) is 1.95. The second-order valence-electron chi connectivity index (χ2n) is 6.81. The topological polar surface area (TPSA) is 84.5 Å². The molecule has 0 bridgehead atoms. The van der Waals surface area contributed by atoms with Crippen LogP contribution in [-0.2, 0) is 20.7 Å². The number of benzene rings is 1. The van der Waals surface area contributed by atoms with Crippen LogP contribution in [-0.4, -0.2) is 36.0 Å². The predicted octanol–water partition coefficient (Wildman–Crippen LogP) is 2.38. The van der Waals surface area contributed by atoms with Crippen LogP contribution in [0.5, 0.6) is 0 Å². The van der Waals surface area contributed by atoms with E-state index in [-0.39, 0.29) is 18.7 Å². The van der Waals surface area contributed by atoms with E-state index in [1.807, 2.05) is 30.3 Å². The summed E-state index contributed by atoms with van der Waals surface area (Å²) in [6.45, 7) is 10.2. The van der Waals surface area contributed by atoms with Gasteiger partial charge in [-0.1, -0.05) is 36.9 Å². The molecule has 0 aliphatic carbocycles. The van der Waals surface area contributed by atoms with Crippen molar-refractivity contribution in [1.29, 1.82) is 0 Å². The minimum Gasteiger partial charge on any atom is -0.444 e. The van der Waals surface area contributed by atoms with Crippen molar-refractivity contribution in [1.82, 2.24) is 10.6 Å². The maximum Gasteiger partial charge on any atom is 0.408 e. The molecular formula is C19H26N2O4. The van der Waals surface area contributed by atoms with E-state index < -0.39 is 23.6 Å². The quantitative estimate of drug-likeness (QED) is 0.743. The molecule has 0 saturated carbocycles. The van der Waals surface area contributed by atoms with Gasteiger partial charge in [-0.3, -0.25) is 9.59 Å². The first-order valence-corrected chi connectivity index (χ1v) is 8.08. The van der Waals surface area contributed by atoms with Gasteiger partial charge in [-0.2, -0.15) is 0 Å². The Morgan fingerprint density at radius 3 is 2.28 bits per heavy atom. The lowest BCUT2D eigenvalue weighted by Crippen LogP contribution is -2.50. The number of nitrogens with one attached hydrogen (secondary N) is 2. The molecule has 0 fully saturated rings. The summed E-state index contributed by atoms with van der Waals surface area (Å²) in [6.07, 6.45) is -0.400. The molecule has 2 N–H and O–H groups in total. The monoisotopic (exact) mass is 346 g/mol. The SMILES string of the molecule is C=C(C)C(=O)CNC(=O)C(Cc1ccccc1)NC(=O)OC(C)(C)C. The van der Waals surface area contributed by atoms with Crippen molar-refractivity contribution in [3.05, 3.63) is 48.0 Å². The largest absolute Gasteiger partial charge is 0.444 e. The minimum atomic E-state index is -0.852. The molecule has 2 amide bonds. The second-order valence-corrected chi connectivity index (χ2v) is 6.81. The predicted molar refractivity (Wildman–Crippen MR) is 96.1 cm³/mol. The van der Waals surface area contributed by atoms with Gasteiger partial charge in [0, 0.05) is 6.42 Å². The number of hydrogen-bond donors (Lipinski definition) is 2. The van der Waals surface area contributed by atoms with E-state index in [2.05, 4.69) is 17.2 Å². The molecule has 1 aromatic rings. The Morgan fingerprint density at radius 2 is 1.76 bits per heavy atom. The van der Waals surface area contributed by atoms with Crippen molar-refractivity contribution in [3.8, 4) is 0 Å². The van der Waals surface area contributed by atoms with E-state index >= 15 is 0 Å². The lowest BCUT2D eigenvalue weighted by Gasteiger charge is -2.23. The van der Waals surface area contributed by atoms with Gasteiger partial charge in [-0.05, 0) is 38.8 Å². The van der Waals surface area contributed by atoms with Crippen LogP contribution >= 0.6 is 0 Å². The molecule has 1 atom stereocenters. The number of alkyl carbamates (subject to hydrolysis) is 1. The average Bonchev–Trinajstić information content (AvgIpc) is 2.50. The van der Waals surface area contributed by atoms with Crippen LogP contribution in [0.1, 0.15) is 33.3 Å². The Hall–Kier alpha value is -2.63. The summed E-state index contributed by atoms with van der Waals surface area (Å²) in [5.41, 5.74) is 0.568. The number of rotatable bonds is 7. The van der Waals surface area contributed by atoms with Gasteiger partial charge in [0.1, 0.15) is 11.6 Å². The van der Waals surface area contributed by atoms with Crippen molar-refractivity contribution in [3.63, 3.8) is 0 Å². The Kier molecular flexibility index (Phi) is 7.36. The summed E-state index contributed by atoms with van der Waals surface area (Å²) >= 11 is 0. The summed E-state index contributed by atoms with van der Waals surface area (Å²) < 4.78 is 5.21. The first-order chi connectivity index (χ1) is 11.6. The first-order valence-electron chi connectivity index (χ1n) is 8.08. The second kappa shape index (κ2) is 9.01. The van der Waals surface area contributed by atoms with E-state index in [4.69, 9.17) is 4.74 Å². The molecule has 0 aliphatic rings. The Morgan fingerprint density at radius 1 is 1.16 bits per heavy atom. The number of ether oxygens (including phenoxy) is 1. The van der Waals surface area contributed by atoms with Crippen LogP contribution in [0.4, 0.5) is 4.79 Å². The molecular weight excluding hydrogens is 320 g/mol. The highest BCUT2D eigenvalue weighted by Gasteiger charge is 2.25. The summed E-state index contributed by atoms with van der Waals surface area (Å²) in [5.74, 6) is -0.714. The molecule has 1 rings (SSSR count). The highest BCUT2D eigenvalue weighted by Crippen LogP contribution is 2.08. The fraction of sp³-hybridized carbons (Fsp3) is 0.421. The molecule has 0 spiro atoms. The van der Waals surface area contributed by atoms with E-state index in [1.165, 1.54) is 0 Å². The number of Topliss-reactive ketones (excluding diaryl/α,β-unsaturated/α-hetero) is 1. The van der Waals surface area contributed by atoms with Crippen LogP contribution in [0.25, 0.3) is 0 Å². The van der Waals surface area contributed by atoms with Crippen LogP contribution < -0.4 is 10.6 Å². The highest BCUT2D eigenvalue weighted by atomic mass is 16.6. The molecule has 1 unspecified atom stereocenters. The van der Waals surface area contributed by atoms with Crippen molar-refractivity contribution in [2.24, 2.45) is 0 Å². The first kappa shape index (κ1) is 20.4. The van der Waals surface area contributed by atoms with E-state index in [0.717, 1.165) is 5.56 Å².